The summed E-state index contributed by atoms with van der Waals surface area (Å²) in [6.45, 7) is 0.474. The van der Waals surface area contributed by atoms with Crippen molar-refractivity contribution in [1.29, 1.82) is 0 Å². The molecule has 21 heavy (non-hydrogen) atoms. The third-order valence-corrected chi connectivity index (χ3v) is 4.60. The third kappa shape index (κ3) is 2.34. The number of rotatable bonds is 4. The summed E-state index contributed by atoms with van der Waals surface area (Å²) in [5, 5.41) is 4.88. The van der Waals surface area contributed by atoms with Gasteiger partial charge in [0.05, 0.1) is 22.5 Å². The molecule has 106 valence electrons. The number of carbonyl (C=O) groups is 1. The zero-order chi connectivity index (χ0) is 14.2. The van der Waals surface area contributed by atoms with Crippen LogP contribution >= 0.6 is 11.3 Å². The van der Waals surface area contributed by atoms with Crippen LogP contribution in [-0.4, -0.2) is 15.5 Å². The van der Waals surface area contributed by atoms with Crippen molar-refractivity contribution in [2.45, 2.75) is 25.4 Å². The van der Waals surface area contributed by atoms with Crippen LogP contribution in [0.1, 0.15) is 34.4 Å². The van der Waals surface area contributed by atoms with E-state index in [1.807, 2.05) is 35.7 Å². The highest BCUT2D eigenvalue weighted by molar-refractivity contribution is 7.12. The average molecular weight is 297 g/mol. The lowest BCUT2D eigenvalue weighted by Crippen LogP contribution is -2.23. The highest BCUT2D eigenvalue weighted by Crippen LogP contribution is 2.38. The number of imidazole rings is 1. The number of benzene rings is 1. The van der Waals surface area contributed by atoms with E-state index in [9.17, 15) is 4.79 Å². The molecular formula is C16H15N3OS. The van der Waals surface area contributed by atoms with Crippen LogP contribution in [-0.2, 0) is 6.54 Å². The fourth-order valence-corrected chi connectivity index (χ4v) is 3.25. The van der Waals surface area contributed by atoms with Crippen LogP contribution in [0.25, 0.3) is 11.0 Å². The molecule has 0 radical (unpaired) electrons. The molecule has 1 amide bonds. The molecule has 4 rings (SSSR count). The van der Waals surface area contributed by atoms with Gasteiger partial charge in [-0.1, -0.05) is 18.2 Å². The van der Waals surface area contributed by atoms with Gasteiger partial charge in [-0.15, -0.1) is 11.3 Å². The first-order valence-corrected chi connectivity index (χ1v) is 7.98. The smallest absolute Gasteiger partial charge is 0.261 e. The van der Waals surface area contributed by atoms with Crippen LogP contribution in [0.2, 0.25) is 0 Å². The quantitative estimate of drug-likeness (QED) is 0.802. The molecule has 0 atom stereocenters. The SMILES string of the molecule is O=C(NCc1nc2ccccc2n1C1CC1)c1cccs1. The maximum Gasteiger partial charge on any atom is 0.261 e. The van der Waals surface area contributed by atoms with Gasteiger partial charge < -0.3 is 9.88 Å². The lowest BCUT2D eigenvalue weighted by Gasteiger charge is -2.08. The van der Waals surface area contributed by atoms with Gasteiger partial charge in [0.15, 0.2) is 0 Å². The lowest BCUT2D eigenvalue weighted by molar-refractivity contribution is 0.0953. The van der Waals surface area contributed by atoms with Crippen LogP contribution in [0.3, 0.4) is 0 Å². The summed E-state index contributed by atoms with van der Waals surface area (Å²) in [7, 11) is 0. The molecule has 4 nitrogen and oxygen atoms in total. The minimum atomic E-state index is -0.0283. The third-order valence-electron chi connectivity index (χ3n) is 3.73. The molecule has 1 aliphatic carbocycles. The Balaban J connectivity index is 1.61. The maximum absolute atomic E-state index is 12.1. The summed E-state index contributed by atoms with van der Waals surface area (Å²) in [4.78, 5) is 17.5. The first-order chi connectivity index (χ1) is 10.3. The van der Waals surface area contributed by atoms with Gasteiger partial charge in [-0.3, -0.25) is 4.79 Å². The Morgan fingerprint density at radius 2 is 2.14 bits per heavy atom. The van der Waals surface area contributed by atoms with Gasteiger partial charge in [-0.2, -0.15) is 0 Å². The highest BCUT2D eigenvalue weighted by Gasteiger charge is 2.28. The molecule has 3 aromatic rings. The number of thiophene rings is 1. The van der Waals surface area contributed by atoms with Crippen molar-refractivity contribution in [3.8, 4) is 0 Å². The molecule has 1 aliphatic rings. The van der Waals surface area contributed by atoms with E-state index < -0.39 is 0 Å². The van der Waals surface area contributed by atoms with Gasteiger partial charge in [-0.05, 0) is 36.4 Å². The summed E-state index contributed by atoms with van der Waals surface area (Å²) in [6.07, 6.45) is 2.40. The molecule has 2 aromatic heterocycles. The molecule has 5 heteroatoms. The predicted octanol–water partition coefficient (Wildman–Crippen LogP) is 3.36. The van der Waals surface area contributed by atoms with Gasteiger partial charge in [0, 0.05) is 6.04 Å². The summed E-state index contributed by atoms with van der Waals surface area (Å²) < 4.78 is 2.28. The Morgan fingerprint density at radius 3 is 2.90 bits per heavy atom. The number of amides is 1. The molecule has 0 aliphatic heterocycles. The number of hydrogen-bond donors (Lipinski definition) is 1. The Labute approximate surface area is 126 Å². The van der Waals surface area contributed by atoms with E-state index in [0.29, 0.717) is 12.6 Å². The van der Waals surface area contributed by atoms with Crippen LogP contribution in [0.5, 0.6) is 0 Å². The summed E-state index contributed by atoms with van der Waals surface area (Å²) in [5.41, 5.74) is 2.17. The zero-order valence-electron chi connectivity index (χ0n) is 11.5. The maximum atomic E-state index is 12.1. The second-order valence-corrected chi connectivity index (χ2v) is 6.23. The van der Waals surface area contributed by atoms with Crippen molar-refractivity contribution in [3.05, 3.63) is 52.5 Å². The first kappa shape index (κ1) is 12.6. The number of para-hydroxylation sites is 2. The van der Waals surface area contributed by atoms with Crippen molar-refractivity contribution < 1.29 is 4.79 Å². The van der Waals surface area contributed by atoms with Gasteiger partial charge >= 0.3 is 0 Å². The lowest BCUT2D eigenvalue weighted by atomic mass is 10.3. The van der Waals surface area contributed by atoms with Crippen LogP contribution < -0.4 is 5.32 Å². The number of nitrogens with one attached hydrogen (secondary N) is 1. The predicted molar refractivity (Wildman–Crippen MR) is 83.5 cm³/mol. The molecule has 0 spiro atoms. The molecule has 1 aromatic carbocycles. The fourth-order valence-electron chi connectivity index (χ4n) is 2.61. The van der Waals surface area contributed by atoms with E-state index in [4.69, 9.17) is 0 Å². The van der Waals surface area contributed by atoms with E-state index >= 15 is 0 Å². The van der Waals surface area contributed by atoms with Crippen LogP contribution in [0, 0.1) is 0 Å². The molecule has 1 fully saturated rings. The molecule has 1 saturated carbocycles. The summed E-state index contributed by atoms with van der Waals surface area (Å²) in [6, 6.07) is 12.4. The average Bonchev–Trinajstić information content (AvgIpc) is 3.05. The molecule has 0 unspecified atom stereocenters. The van der Waals surface area contributed by atoms with Crippen LogP contribution in [0.15, 0.2) is 41.8 Å². The van der Waals surface area contributed by atoms with Crippen molar-refractivity contribution in [1.82, 2.24) is 14.9 Å². The van der Waals surface area contributed by atoms with Crippen molar-refractivity contribution >= 4 is 28.3 Å². The largest absolute Gasteiger partial charge is 0.344 e. The Bertz CT molecular complexity index is 787. The monoisotopic (exact) mass is 297 g/mol. The van der Waals surface area contributed by atoms with Crippen molar-refractivity contribution in [2.24, 2.45) is 0 Å². The minimum absolute atomic E-state index is 0.0283. The first-order valence-electron chi connectivity index (χ1n) is 7.10. The van der Waals surface area contributed by atoms with Gasteiger partial charge in [0.1, 0.15) is 5.82 Å². The second-order valence-electron chi connectivity index (χ2n) is 5.28. The van der Waals surface area contributed by atoms with E-state index in [-0.39, 0.29) is 5.91 Å². The Kier molecular flexibility index (Phi) is 3.00. The number of carbonyl (C=O) groups excluding carboxylic acids is 1. The summed E-state index contributed by atoms with van der Waals surface area (Å²) >= 11 is 1.45. The highest BCUT2D eigenvalue weighted by atomic mass is 32.1. The number of aromatic nitrogens is 2. The topological polar surface area (TPSA) is 46.9 Å². The fraction of sp³-hybridized carbons (Fsp3) is 0.250. The van der Waals surface area contributed by atoms with E-state index in [0.717, 1.165) is 16.2 Å². The molecule has 0 saturated heterocycles. The number of hydrogen-bond acceptors (Lipinski definition) is 3. The van der Waals surface area contributed by atoms with Gasteiger partial charge in [-0.25, -0.2) is 4.98 Å². The van der Waals surface area contributed by atoms with E-state index in [1.54, 1.807) is 0 Å². The number of nitrogens with zero attached hydrogens (tertiary/aromatic N) is 2. The second kappa shape index (κ2) is 5.00. The molecule has 0 bridgehead atoms. The van der Waals surface area contributed by atoms with Crippen LogP contribution in [0.4, 0.5) is 0 Å². The van der Waals surface area contributed by atoms with E-state index in [2.05, 4.69) is 20.9 Å². The van der Waals surface area contributed by atoms with E-state index in [1.165, 1.54) is 29.7 Å². The molecular weight excluding hydrogens is 282 g/mol. The standard InChI is InChI=1S/C16H15N3OS/c20-16(14-6-3-9-21-14)17-10-15-18-12-4-1-2-5-13(12)19(15)11-7-8-11/h1-6,9,11H,7-8,10H2,(H,17,20). The van der Waals surface area contributed by atoms with Crippen molar-refractivity contribution in [2.75, 3.05) is 0 Å². The van der Waals surface area contributed by atoms with Gasteiger partial charge in [0.2, 0.25) is 0 Å². The van der Waals surface area contributed by atoms with Crippen molar-refractivity contribution in [3.63, 3.8) is 0 Å². The molecule has 2 heterocycles. The normalized spacial score (nSPS) is 14.5. The number of fused-ring (bicyclic) bond motifs is 1. The zero-order valence-corrected chi connectivity index (χ0v) is 12.3. The summed E-state index contributed by atoms with van der Waals surface area (Å²) in [5.74, 6) is 0.919. The Hall–Kier alpha value is -2.14. The Morgan fingerprint density at radius 1 is 1.29 bits per heavy atom. The molecule has 1 N–H and O–H groups in total. The minimum Gasteiger partial charge on any atom is -0.344 e. The van der Waals surface area contributed by atoms with Gasteiger partial charge in [0.25, 0.3) is 5.91 Å².